The van der Waals surface area contributed by atoms with Gasteiger partial charge in [0.1, 0.15) is 5.60 Å². The van der Waals surface area contributed by atoms with Crippen molar-refractivity contribution in [3.05, 3.63) is 0 Å². The van der Waals surface area contributed by atoms with Crippen LogP contribution in [0.1, 0.15) is 48.0 Å². The summed E-state index contributed by atoms with van der Waals surface area (Å²) in [4.78, 5) is 14.2. The zero-order valence-corrected chi connectivity index (χ0v) is 17.4. The van der Waals surface area contributed by atoms with Gasteiger partial charge in [0.2, 0.25) is 0 Å². The third-order valence-corrected chi connectivity index (χ3v) is 9.17. The molecule has 2 atom stereocenters. The van der Waals surface area contributed by atoms with Crippen molar-refractivity contribution in [3.63, 3.8) is 0 Å². The molecule has 1 aliphatic heterocycles. The number of ether oxygens (including phenoxy) is 2. The van der Waals surface area contributed by atoms with Gasteiger partial charge in [-0.2, -0.15) is 0 Å². The van der Waals surface area contributed by atoms with E-state index in [-0.39, 0.29) is 23.3 Å². The van der Waals surface area contributed by atoms with E-state index in [0.29, 0.717) is 13.2 Å². The molecule has 1 saturated heterocycles. The summed E-state index contributed by atoms with van der Waals surface area (Å²) in [5.74, 6) is 0. The lowest BCUT2D eigenvalue weighted by Gasteiger charge is -2.38. The van der Waals surface area contributed by atoms with Crippen molar-refractivity contribution in [2.45, 2.75) is 83.8 Å². The Morgan fingerprint density at radius 2 is 1.74 bits per heavy atom. The first-order chi connectivity index (χ1) is 10.3. The Kier molecular flexibility index (Phi) is 6.32. The molecule has 0 saturated carbocycles. The second kappa shape index (κ2) is 7.11. The largest absolute Gasteiger partial charge is 0.444 e. The van der Waals surface area contributed by atoms with Crippen LogP contribution in [-0.4, -0.2) is 57.3 Å². The minimum Gasteiger partial charge on any atom is -0.444 e. The lowest BCUT2D eigenvalue weighted by Crippen LogP contribution is -2.45. The zero-order chi connectivity index (χ0) is 18.1. The molecule has 23 heavy (non-hydrogen) atoms. The third-order valence-electron chi connectivity index (χ3n) is 4.63. The summed E-state index contributed by atoms with van der Waals surface area (Å²) in [6, 6.07) is 0.0182. The highest BCUT2D eigenvalue weighted by atomic mass is 28.4. The van der Waals surface area contributed by atoms with Gasteiger partial charge in [-0.05, 0) is 45.3 Å². The number of amides is 1. The summed E-state index contributed by atoms with van der Waals surface area (Å²) in [6.45, 7) is 17.9. The number of likely N-dealkylation sites (tertiary alicyclic amines) is 1. The molecule has 5 nitrogen and oxygen atoms in total. The fraction of sp³-hybridized carbons (Fsp3) is 0.941. The molecule has 0 aromatic rings. The minimum atomic E-state index is -1.85. The van der Waals surface area contributed by atoms with Gasteiger partial charge >= 0.3 is 6.09 Å². The molecule has 1 heterocycles. The molecule has 1 rings (SSSR count). The summed E-state index contributed by atoms with van der Waals surface area (Å²) in [7, 11) is -0.191. The maximum Gasteiger partial charge on any atom is 0.410 e. The molecule has 1 fully saturated rings. The normalized spacial score (nSPS) is 23.3. The van der Waals surface area contributed by atoms with Gasteiger partial charge in [0, 0.05) is 13.7 Å². The van der Waals surface area contributed by atoms with E-state index in [0.717, 1.165) is 6.42 Å². The third kappa shape index (κ3) is 5.76. The van der Waals surface area contributed by atoms with Crippen molar-refractivity contribution in [2.75, 3.05) is 20.3 Å². The highest BCUT2D eigenvalue weighted by Crippen LogP contribution is 2.39. The van der Waals surface area contributed by atoms with Gasteiger partial charge < -0.3 is 18.8 Å². The maximum absolute atomic E-state index is 12.5. The van der Waals surface area contributed by atoms with Crippen molar-refractivity contribution in [1.29, 1.82) is 0 Å². The molecule has 6 heteroatoms. The van der Waals surface area contributed by atoms with Crippen molar-refractivity contribution in [2.24, 2.45) is 0 Å². The summed E-state index contributed by atoms with van der Waals surface area (Å²) in [5.41, 5.74) is -0.493. The molecule has 136 valence electrons. The smallest absolute Gasteiger partial charge is 0.410 e. The molecular weight excluding hydrogens is 310 g/mol. The van der Waals surface area contributed by atoms with Crippen LogP contribution in [0.5, 0.6) is 0 Å². The molecule has 0 spiro atoms. The number of methoxy groups -OCH3 is 1. The molecule has 0 aromatic carbocycles. The molecule has 1 aliphatic rings. The SMILES string of the molecule is COC[C@@H]1C[C@H](O[Si](C)(C)C(C)(C)C)CN1C(=O)OC(C)(C)C. The van der Waals surface area contributed by atoms with Crippen LogP contribution in [-0.2, 0) is 13.9 Å². The van der Waals surface area contributed by atoms with Crippen LogP contribution >= 0.6 is 0 Å². The van der Waals surface area contributed by atoms with Gasteiger partial charge in [0.15, 0.2) is 8.32 Å². The Balaban J connectivity index is 2.80. The fourth-order valence-electron chi connectivity index (χ4n) is 2.45. The lowest BCUT2D eigenvalue weighted by molar-refractivity contribution is 0.0138. The summed E-state index contributed by atoms with van der Waals surface area (Å²) in [5, 5.41) is 0.156. The second-order valence-corrected chi connectivity index (χ2v) is 13.7. The van der Waals surface area contributed by atoms with E-state index in [1.807, 2.05) is 20.8 Å². The van der Waals surface area contributed by atoms with E-state index in [1.165, 1.54) is 0 Å². The van der Waals surface area contributed by atoms with E-state index in [1.54, 1.807) is 12.0 Å². The molecule has 0 N–H and O–H groups in total. The first kappa shape index (κ1) is 20.5. The quantitative estimate of drug-likeness (QED) is 0.722. The molecule has 0 radical (unpaired) electrons. The first-order valence-electron chi connectivity index (χ1n) is 8.43. The van der Waals surface area contributed by atoms with Gasteiger partial charge in [0.25, 0.3) is 0 Å². The van der Waals surface area contributed by atoms with Gasteiger partial charge in [-0.15, -0.1) is 0 Å². The first-order valence-corrected chi connectivity index (χ1v) is 11.3. The maximum atomic E-state index is 12.5. The number of hydrogen-bond acceptors (Lipinski definition) is 4. The van der Waals surface area contributed by atoms with Gasteiger partial charge in [-0.25, -0.2) is 4.79 Å². The molecule has 0 unspecified atom stereocenters. The molecule has 0 bridgehead atoms. The van der Waals surface area contributed by atoms with Crippen LogP contribution < -0.4 is 0 Å². The van der Waals surface area contributed by atoms with Crippen LogP contribution in [0, 0.1) is 0 Å². The van der Waals surface area contributed by atoms with Crippen molar-refractivity contribution < 1.29 is 18.7 Å². The summed E-state index contributed by atoms with van der Waals surface area (Å²) in [6.07, 6.45) is 0.587. The lowest BCUT2D eigenvalue weighted by atomic mass is 10.2. The summed E-state index contributed by atoms with van der Waals surface area (Å²) < 4.78 is 17.3. The number of carbonyl (C=O) groups is 1. The van der Waals surface area contributed by atoms with Crippen LogP contribution in [0.15, 0.2) is 0 Å². The highest BCUT2D eigenvalue weighted by Gasteiger charge is 2.44. The van der Waals surface area contributed by atoms with Crippen molar-refractivity contribution in [3.8, 4) is 0 Å². The minimum absolute atomic E-state index is 0.0182. The van der Waals surface area contributed by atoms with Gasteiger partial charge in [-0.1, -0.05) is 20.8 Å². The average molecular weight is 346 g/mol. The van der Waals surface area contributed by atoms with Crippen LogP contribution in [0.3, 0.4) is 0 Å². The zero-order valence-electron chi connectivity index (χ0n) is 16.4. The van der Waals surface area contributed by atoms with Crippen molar-refractivity contribution >= 4 is 14.4 Å². The van der Waals surface area contributed by atoms with Crippen molar-refractivity contribution in [1.82, 2.24) is 4.90 Å². The molecule has 1 amide bonds. The van der Waals surface area contributed by atoms with Crippen LogP contribution in [0.2, 0.25) is 18.1 Å². The fourth-order valence-corrected chi connectivity index (χ4v) is 3.80. The number of carbonyl (C=O) groups excluding carboxylic acids is 1. The number of hydrogen-bond donors (Lipinski definition) is 0. The Bertz CT molecular complexity index is 412. The average Bonchev–Trinajstić information content (AvgIpc) is 2.68. The van der Waals surface area contributed by atoms with E-state index in [9.17, 15) is 4.79 Å². The van der Waals surface area contributed by atoms with Crippen LogP contribution in [0.4, 0.5) is 4.79 Å². The Morgan fingerprint density at radius 3 is 2.17 bits per heavy atom. The van der Waals surface area contributed by atoms with Gasteiger partial charge in [0.05, 0.1) is 18.8 Å². The second-order valence-electron chi connectivity index (χ2n) is 8.98. The number of nitrogens with zero attached hydrogens (tertiary/aromatic N) is 1. The van der Waals surface area contributed by atoms with E-state index < -0.39 is 13.9 Å². The standard InChI is InChI=1S/C17H35NO4Si/c1-16(2,3)21-15(19)18-11-14(10-13(18)12-20-7)22-23(8,9)17(4,5)6/h13-14H,10-12H2,1-9H3/t13-,14-/m0/s1. The van der Waals surface area contributed by atoms with E-state index >= 15 is 0 Å². The monoisotopic (exact) mass is 345 g/mol. The summed E-state index contributed by atoms with van der Waals surface area (Å²) >= 11 is 0. The topological polar surface area (TPSA) is 48.0 Å². The molecule has 0 aromatic heterocycles. The van der Waals surface area contributed by atoms with E-state index in [2.05, 4.69) is 33.9 Å². The Hall–Kier alpha value is -0.593. The van der Waals surface area contributed by atoms with E-state index in [4.69, 9.17) is 13.9 Å². The molecular formula is C17H35NO4Si. The Morgan fingerprint density at radius 1 is 1.17 bits per heavy atom. The predicted molar refractivity (Wildman–Crippen MR) is 95.3 cm³/mol. The Labute approximate surface area is 142 Å². The van der Waals surface area contributed by atoms with Gasteiger partial charge in [-0.3, -0.25) is 0 Å². The number of rotatable bonds is 4. The van der Waals surface area contributed by atoms with Crippen LogP contribution in [0.25, 0.3) is 0 Å². The predicted octanol–water partition coefficient (Wildman–Crippen LogP) is 4.03. The highest BCUT2D eigenvalue weighted by molar-refractivity contribution is 6.74. The molecule has 0 aliphatic carbocycles.